The summed E-state index contributed by atoms with van der Waals surface area (Å²) < 4.78 is 11.3. The van der Waals surface area contributed by atoms with E-state index >= 15 is 0 Å². The van der Waals surface area contributed by atoms with Crippen LogP contribution >= 0.6 is 33.2 Å². The van der Waals surface area contributed by atoms with Crippen molar-refractivity contribution in [2.45, 2.75) is 44.4 Å². The van der Waals surface area contributed by atoms with Gasteiger partial charge < -0.3 is 19.5 Å². The van der Waals surface area contributed by atoms with Crippen LogP contribution in [0.5, 0.6) is 0 Å². The lowest BCUT2D eigenvalue weighted by Gasteiger charge is -2.33. The van der Waals surface area contributed by atoms with Gasteiger partial charge in [-0.05, 0) is 49.8 Å². The highest BCUT2D eigenvalue weighted by Gasteiger charge is 2.23. The third-order valence-corrected chi connectivity index (χ3v) is 6.76. The van der Waals surface area contributed by atoms with Gasteiger partial charge >= 0.3 is 0 Å². The minimum absolute atomic E-state index is 0.0137. The van der Waals surface area contributed by atoms with Crippen molar-refractivity contribution in [3.63, 3.8) is 0 Å². The molecule has 0 aliphatic heterocycles. The number of hydrogen-bond donors (Lipinski definition) is 1. The highest BCUT2D eigenvalue weighted by Crippen LogP contribution is 2.35. The molecule has 0 heterocycles. The molecule has 156 valence electrons. The van der Waals surface area contributed by atoms with E-state index in [9.17, 15) is 5.11 Å². The summed E-state index contributed by atoms with van der Waals surface area (Å²) in [6.07, 6.45) is 3.13. The molecular formula is C20H34ClNO3S2. The molecule has 0 saturated carbocycles. The van der Waals surface area contributed by atoms with E-state index in [1.165, 1.54) is 0 Å². The van der Waals surface area contributed by atoms with Crippen molar-refractivity contribution in [1.82, 2.24) is 0 Å². The molecule has 1 aromatic carbocycles. The van der Waals surface area contributed by atoms with Crippen molar-refractivity contribution >= 4 is 38.9 Å². The average molecular weight is 436 g/mol. The molecule has 0 bridgehead atoms. The van der Waals surface area contributed by atoms with Gasteiger partial charge in [0, 0.05) is 36.0 Å². The van der Waals surface area contributed by atoms with Crippen LogP contribution in [-0.2, 0) is 22.0 Å². The predicted octanol–water partition coefficient (Wildman–Crippen LogP) is 4.96. The van der Waals surface area contributed by atoms with Crippen LogP contribution in [0.15, 0.2) is 18.2 Å². The summed E-state index contributed by atoms with van der Waals surface area (Å²) in [6, 6.07) is 6.11. The molecule has 0 aliphatic rings. The molecule has 0 atom stereocenters. The molecule has 0 aliphatic carbocycles. The first kappa shape index (κ1) is 24.9. The highest BCUT2D eigenvalue weighted by atomic mass is 35.5. The number of aliphatic hydroxyl groups is 1. The molecule has 0 amide bonds. The van der Waals surface area contributed by atoms with Gasteiger partial charge in [-0.3, -0.25) is 0 Å². The Morgan fingerprint density at radius 3 is 2.33 bits per heavy atom. The van der Waals surface area contributed by atoms with Gasteiger partial charge in [-0.15, -0.1) is 11.6 Å². The zero-order valence-electron chi connectivity index (χ0n) is 17.0. The maximum atomic E-state index is 9.59. The van der Waals surface area contributed by atoms with Gasteiger partial charge in [0.1, 0.15) is 0 Å². The average Bonchev–Trinajstić information content (AvgIpc) is 2.65. The van der Waals surface area contributed by atoms with E-state index in [2.05, 4.69) is 38.0 Å². The van der Waals surface area contributed by atoms with Gasteiger partial charge in [0.15, 0.2) is 0 Å². The molecule has 1 rings (SSSR count). The van der Waals surface area contributed by atoms with Gasteiger partial charge in [0.05, 0.1) is 26.4 Å². The summed E-state index contributed by atoms with van der Waals surface area (Å²) in [5, 5.41) is 9.59. The van der Waals surface area contributed by atoms with E-state index in [1.807, 2.05) is 22.9 Å². The van der Waals surface area contributed by atoms with Crippen molar-refractivity contribution in [2.75, 3.05) is 50.7 Å². The SMILES string of the molecule is CCCOCCOCCN(CC(C)(C)SSC)c1cc(CO)cc(CCl)c1. The minimum atomic E-state index is 0.0137. The van der Waals surface area contributed by atoms with Crippen LogP contribution in [-0.4, -0.2) is 55.6 Å². The molecule has 0 saturated heterocycles. The van der Waals surface area contributed by atoms with Crippen LogP contribution in [0.3, 0.4) is 0 Å². The van der Waals surface area contributed by atoms with Crippen molar-refractivity contribution in [3.8, 4) is 0 Å². The van der Waals surface area contributed by atoms with Crippen molar-refractivity contribution in [1.29, 1.82) is 0 Å². The van der Waals surface area contributed by atoms with Crippen LogP contribution < -0.4 is 4.90 Å². The standard InChI is InChI=1S/C20H34ClNO3S2/c1-5-7-24-9-10-25-8-6-22(16-20(2,3)27-26-4)19-12-17(14-21)11-18(13-19)15-23/h11-13,23H,5-10,14-16H2,1-4H3. The first-order valence-corrected chi connectivity index (χ1v) is 12.5. The van der Waals surface area contributed by atoms with Gasteiger partial charge in [0.25, 0.3) is 0 Å². The molecule has 0 unspecified atom stereocenters. The second kappa shape index (κ2) is 14.0. The van der Waals surface area contributed by atoms with Gasteiger partial charge in [0.2, 0.25) is 0 Å². The molecule has 0 fully saturated rings. The monoisotopic (exact) mass is 435 g/mol. The van der Waals surface area contributed by atoms with E-state index < -0.39 is 0 Å². The minimum Gasteiger partial charge on any atom is -0.392 e. The first-order chi connectivity index (χ1) is 13.0. The molecule has 0 spiro atoms. The van der Waals surface area contributed by atoms with Crippen LogP contribution in [0, 0.1) is 0 Å². The molecule has 7 heteroatoms. The predicted molar refractivity (Wildman–Crippen MR) is 121 cm³/mol. The van der Waals surface area contributed by atoms with E-state index in [-0.39, 0.29) is 11.4 Å². The normalized spacial score (nSPS) is 11.8. The lowest BCUT2D eigenvalue weighted by molar-refractivity contribution is 0.0505. The Morgan fingerprint density at radius 1 is 1.07 bits per heavy atom. The van der Waals surface area contributed by atoms with Crippen LogP contribution in [0.1, 0.15) is 38.3 Å². The summed E-state index contributed by atoms with van der Waals surface area (Å²) in [4.78, 5) is 2.32. The Bertz CT molecular complexity index is 510. The maximum Gasteiger partial charge on any atom is 0.0701 e. The third-order valence-electron chi connectivity index (χ3n) is 3.85. The molecule has 1 aromatic rings. The maximum absolute atomic E-state index is 9.59. The number of alkyl halides is 1. The Kier molecular flexibility index (Phi) is 12.9. The largest absolute Gasteiger partial charge is 0.392 e. The van der Waals surface area contributed by atoms with Crippen LogP contribution in [0.25, 0.3) is 0 Å². The Labute approximate surface area is 177 Å². The summed E-state index contributed by atoms with van der Waals surface area (Å²) >= 11 is 6.06. The van der Waals surface area contributed by atoms with Crippen molar-refractivity contribution < 1.29 is 14.6 Å². The fourth-order valence-electron chi connectivity index (χ4n) is 2.75. The molecule has 1 N–H and O–H groups in total. The molecule has 4 nitrogen and oxygen atoms in total. The number of halogens is 1. The number of nitrogens with zero attached hydrogens (tertiary/aromatic N) is 1. The zero-order valence-corrected chi connectivity index (χ0v) is 19.4. The first-order valence-electron chi connectivity index (χ1n) is 9.37. The molecule has 0 radical (unpaired) electrons. The topological polar surface area (TPSA) is 41.9 Å². The van der Waals surface area contributed by atoms with E-state index in [0.29, 0.717) is 25.7 Å². The summed E-state index contributed by atoms with van der Waals surface area (Å²) in [5.41, 5.74) is 2.99. The lowest BCUT2D eigenvalue weighted by Crippen LogP contribution is -2.38. The zero-order chi connectivity index (χ0) is 20.1. The van der Waals surface area contributed by atoms with Gasteiger partial charge in [-0.2, -0.15) is 0 Å². The van der Waals surface area contributed by atoms with Crippen molar-refractivity contribution in [3.05, 3.63) is 29.3 Å². The van der Waals surface area contributed by atoms with E-state index in [1.54, 1.807) is 10.8 Å². The van der Waals surface area contributed by atoms with Gasteiger partial charge in [-0.25, -0.2) is 0 Å². The molecule has 0 aromatic heterocycles. The summed E-state index contributed by atoms with van der Waals surface area (Å²) in [7, 11) is 3.65. The van der Waals surface area contributed by atoms with E-state index in [0.717, 1.165) is 42.9 Å². The number of benzene rings is 1. The summed E-state index contributed by atoms with van der Waals surface area (Å²) in [6.45, 7) is 10.9. The van der Waals surface area contributed by atoms with Gasteiger partial charge in [-0.1, -0.05) is 34.6 Å². The third kappa shape index (κ3) is 10.3. The van der Waals surface area contributed by atoms with Crippen LogP contribution in [0.4, 0.5) is 5.69 Å². The smallest absolute Gasteiger partial charge is 0.0701 e. The highest BCUT2D eigenvalue weighted by molar-refractivity contribution is 8.77. The molecular weight excluding hydrogens is 402 g/mol. The lowest BCUT2D eigenvalue weighted by atomic mass is 10.1. The van der Waals surface area contributed by atoms with Crippen molar-refractivity contribution in [2.24, 2.45) is 0 Å². The molecule has 27 heavy (non-hydrogen) atoms. The Morgan fingerprint density at radius 2 is 1.74 bits per heavy atom. The summed E-state index contributed by atoms with van der Waals surface area (Å²) in [5.74, 6) is 0.433. The Balaban J connectivity index is 2.79. The number of rotatable bonds is 15. The number of hydrogen-bond acceptors (Lipinski definition) is 6. The van der Waals surface area contributed by atoms with Crippen LogP contribution in [0.2, 0.25) is 0 Å². The second-order valence-corrected chi connectivity index (χ2v) is 10.3. The fraction of sp³-hybridized carbons (Fsp3) is 0.700. The quantitative estimate of drug-likeness (QED) is 0.238. The second-order valence-electron chi connectivity index (χ2n) is 6.96. The number of aliphatic hydroxyl groups excluding tert-OH is 1. The number of anilines is 1. The fourth-order valence-corrected chi connectivity index (χ4v) is 5.07. The van der Waals surface area contributed by atoms with E-state index in [4.69, 9.17) is 21.1 Å². The Hall–Kier alpha value is -0.110. The number of ether oxygens (including phenoxy) is 2.